The number of hydrogen-bond acceptors (Lipinski definition) is 2. The molecule has 1 saturated carbocycles. The van der Waals surface area contributed by atoms with Crippen LogP contribution in [0.5, 0.6) is 0 Å². The van der Waals surface area contributed by atoms with Crippen LogP contribution in [0.1, 0.15) is 43.8 Å². The number of nitrogens with zero attached hydrogens (tertiary/aromatic N) is 1. The minimum absolute atomic E-state index is 0.368. The van der Waals surface area contributed by atoms with Gasteiger partial charge in [0.05, 0.1) is 6.10 Å². The average Bonchev–Trinajstić information content (AvgIpc) is 2.78. The maximum atomic E-state index is 10.3. The van der Waals surface area contributed by atoms with Gasteiger partial charge in [-0.3, -0.25) is 0 Å². The van der Waals surface area contributed by atoms with Crippen molar-refractivity contribution in [2.24, 2.45) is 11.8 Å². The van der Waals surface area contributed by atoms with E-state index in [4.69, 9.17) is 11.6 Å². The van der Waals surface area contributed by atoms with E-state index in [9.17, 15) is 5.11 Å². The second kappa shape index (κ2) is 6.46. The summed E-state index contributed by atoms with van der Waals surface area (Å²) in [6.45, 7) is 3.46. The van der Waals surface area contributed by atoms with Crippen LogP contribution in [0.2, 0.25) is 5.02 Å². The van der Waals surface area contributed by atoms with Gasteiger partial charge in [-0.1, -0.05) is 30.2 Å². The van der Waals surface area contributed by atoms with Crippen LogP contribution in [-0.2, 0) is 0 Å². The second-order valence-corrected chi connectivity index (χ2v) is 6.93. The van der Waals surface area contributed by atoms with Gasteiger partial charge in [0.2, 0.25) is 0 Å². The minimum atomic E-state index is -0.368. The largest absolute Gasteiger partial charge is 0.388 e. The smallest absolute Gasteiger partial charge is 0.0802 e. The van der Waals surface area contributed by atoms with Crippen LogP contribution in [0.25, 0.3) is 0 Å². The molecule has 3 atom stereocenters. The summed E-state index contributed by atoms with van der Waals surface area (Å²) in [4.78, 5) is 2.56. The van der Waals surface area contributed by atoms with Crippen molar-refractivity contribution >= 4 is 11.6 Å². The van der Waals surface area contributed by atoms with Crippen LogP contribution in [0.3, 0.4) is 0 Å². The van der Waals surface area contributed by atoms with Gasteiger partial charge < -0.3 is 10.0 Å². The molecule has 3 rings (SSSR count). The summed E-state index contributed by atoms with van der Waals surface area (Å²) < 4.78 is 0. The summed E-state index contributed by atoms with van der Waals surface area (Å²) >= 11 is 5.88. The fourth-order valence-corrected chi connectivity index (χ4v) is 3.91. The zero-order chi connectivity index (χ0) is 13.9. The Labute approximate surface area is 126 Å². The van der Waals surface area contributed by atoms with E-state index in [1.807, 2.05) is 24.3 Å². The number of fused-ring (bicyclic) bond motifs is 2. The van der Waals surface area contributed by atoms with Gasteiger partial charge in [-0.25, -0.2) is 0 Å². The molecule has 3 heteroatoms. The highest BCUT2D eigenvalue weighted by Crippen LogP contribution is 2.36. The first-order chi connectivity index (χ1) is 9.70. The molecular weight excluding hydrogens is 270 g/mol. The lowest BCUT2D eigenvalue weighted by Crippen LogP contribution is -2.30. The summed E-state index contributed by atoms with van der Waals surface area (Å²) in [5.74, 6) is 1.89. The molecule has 1 aromatic carbocycles. The van der Waals surface area contributed by atoms with E-state index >= 15 is 0 Å². The molecule has 1 heterocycles. The fraction of sp³-hybridized carbons (Fsp3) is 0.647. The zero-order valence-electron chi connectivity index (χ0n) is 12.0. The molecule has 2 aliphatic rings. The van der Waals surface area contributed by atoms with Gasteiger partial charge in [0.1, 0.15) is 0 Å². The van der Waals surface area contributed by atoms with Crippen molar-refractivity contribution in [1.29, 1.82) is 0 Å². The Morgan fingerprint density at radius 3 is 2.70 bits per heavy atom. The molecular formula is C17H24ClNO. The van der Waals surface area contributed by atoms with Crippen LogP contribution in [0.4, 0.5) is 0 Å². The monoisotopic (exact) mass is 293 g/mol. The molecule has 0 amide bonds. The highest BCUT2D eigenvalue weighted by molar-refractivity contribution is 6.30. The highest BCUT2D eigenvalue weighted by atomic mass is 35.5. The molecule has 0 radical (unpaired) electrons. The zero-order valence-corrected chi connectivity index (χ0v) is 12.7. The molecule has 0 spiro atoms. The van der Waals surface area contributed by atoms with E-state index in [2.05, 4.69) is 4.90 Å². The number of halogens is 1. The molecule has 1 N–H and O–H groups in total. The SMILES string of the molecule is OC(CCN1CCC2CCC(C2)C1)c1ccc(Cl)cc1. The predicted molar refractivity (Wildman–Crippen MR) is 82.9 cm³/mol. The van der Waals surface area contributed by atoms with Crippen LogP contribution in [0.15, 0.2) is 24.3 Å². The standard InChI is InChI=1S/C17H24ClNO/c18-16-5-3-15(4-6-16)17(20)8-10-19-9-7-13-1-2-14(11-13)12-19/h3-6,13-14,17,20H,1-2,7-12H2. The van der Waals surface area contributed by atoms with Crippen molar-refractivity contribution in [3.63, 3.8) is 0 Å². The Morgan fingerprint density at radius 1 is 1.15 bits per heavy atom. The van der Waals surface area contributed by atoms with Crippen molar-refractivity contribution in [3.05, 3.63) is 34.9 Å². The number of hydrogen-bond donors (Lipinski definition) is 1. The Hall–Kier alpha value is -0.570. The van der Waals surface area contributed by atoms with E-state index in [0.717, 1.165) is 35.4 Å². The molecule has 0 aromatic heterocycles. The lowest BCUT2D eigenvalue weighted by molar-refractivity contribution is 0.136. The van der Waals surface area contributed by atoms with Crippen molar-refractivity contribution in [1.82, 2.24) is 4.90 Å². The predicted octanol–water partition coefficient (Wildman–Crippen LogP) is 3.89. The summed E-state index contributed by atoms with van der Waals surface area (Å²) in [5.41, 5.74) is 0.978. The normalized spacial score (nSPS) is 28.3. The highest BCUT2D eigenvalue weighted by Gasteiger charge is 2.29. The summed E-state index contributed by atoms with van der Waals surface area (Å²) in [5, 5.41) is 11.0. The quantitative estimate of drug-likeness (QED) is 0.910. The van der Waals surface area contributed by atoms with Gasteiger partial charge in [-0.15, -0.1) is 0 Å². The fourth-order valence-electron chi connectivity index (χ4n) is 3.79. The molecule has 1 aliphatic heterocycles. The lowest BCUT2D eigenvalue weighted by Gasteiger charge is -2.25. The van der Waals surface area contributed by atoms with E-state index < -0.39 is 0 Å². The van der Waals surface area contributed by atoms with Gasteiger partial charge in [0.25, 0.3) is 0 Å². The molecule has 110 valence electrons. The first-order valence-corrected chi connectivity index (χ1v) is 8.24. The Kier molecular flexibility index (Phi) is 4.65. The van der Waals surface area contributed by atoms with Crippen LogP contribution >= 0.6 is 11.6 Å². The van der Waals surface area contributed by atoms with Crippen molar-refractivity contribution in [3.8, 4) is 0 Å². The molecule has 20 heavy (non-hydrogen) atoms. The van der Waals surface area contributed by atoms with Gasteiger partial charge in [0, 0.05) is 18.1 Å². The van der Waals surface area contributed by atoms with E-state index in [1.54, 1.807) is 0 Å². The topological polar surface area (TPSA) is 23.5 Å². The van der Waals surface area contributed by atoms with Crippen LogP contribution in [0, 0.1) is 11.8 Å². The molecule has 2 fully saturated rings. The average molecular weight is 294 g/mol. The van der Waals surface area contributed by atoms with Crippen LogP contribution < -0.4 is 0 Å². The number of aliphatic hydroxyl groups is 1. The van der Waals surface area contributed by atoms with E-state index in [0.29, 0.717) is 0 Å². The number of rotatable bonds is 4. The van der Waals surface area contributed by atoms with Gasteiger partial charge >= 0.3 is 0 Å². The van der Waals surface area contributed by atoms with Crippen LogP contribution in [-0.4, -0.2) is 29.6 Å². The maximum Gasteiger partial charge on any atom is 0.0802 e. The minimum Gasteiger partial charge on any atom is -0.388 e. The molecule has 3 unspecified atom stereocenters. The first kappa shape index (κ1) is 14.4. The lowest BCUT2D eigenvalue weighted by atomic mass is 10.0. The van der Waals surface area contributed by atoms with Crippen molar-refractivity contribution < 1.29 is 5.11 Å². The molecule has 1 aromatic rings. The van der Waals surface area contributed by atoms with E-state index in [-0.39, 0.29) is 6.10 Å². The Bertz CT molecular complexity index is 433. The molecule has 1 saturated heterocycles. The Balaban J connectivity index is 1.50. The maximum absolute atomic E-state index is 10.3. The summed E-state index contributed by atoms with van der Waals surface area (Å²) in [6, 6.07) is 7.56. The van der Waals surface area contributed by atoms with Gasteiger partial charge in [-0.2, -0.15) is 0 Å². The van der Waals surface area contributed by atoms with Crippen molar-refractivity contribution in [2.75, 3.05) is 19.6 Å². The third-order valence-electron chi connectivity index (χ3n) is 4.99. The number of aliphatic hydroxyl groups excluding tert-OH is 1. The van der Waals surface area contributed by atoms with Gasteiger partial charge in [0.15, 0.2) is 0 Å². The molecule has 1 aliphatic carbocycles. The second-order valence-electron chi connectivity index (χ2n) is 6.49. The first-order valence-electron chi connectivity index (χ1n) is 7.86. The number of likely N-dealkylation sites (tertiary alicyclic amines) is 1. The Morgan fingerprint density at radius 2 is 1.90 bits per heavy atom. The summed E-state index contributed by atoms with van der Waals surface area (Å²) in [7, 11) is 0. The van der Waals surface area contributed by atoms with Gasteiger partial charge in [-0.05, 0) is 61.8 Å². The molecule has 2 bridgehead atoms. The van der Waals surface area contributed by atoms with E-state index in [1.165, 1.54) is 38.8 Å². The van der Waals surface area contributed by atoms with Crippen molar-refractivity contribution in [2.45, 2.75) is 38.2 Å². The third-order valence-corrected chi connectivity index (χ3v) is 5.25. The number of benzene rings is 1. The molecule has 2 nitrogen and oxygen atoms in total. The third kappa shape index (κ3) is 3.55. The summed E-state index contributed by atoms with van der Waals surface area (Å²) in [6.07, 6.45) is 6.11.